The van der Waals surface area contributed by atoms with Crippen molar-refractivity contribution in [3.05, 3.63) is 69.4 Å². The van der Waals surface area contributed by atoms with Gasteiger partial charge in [0.15, 0.2) is 5.76 Å². The summed E-state index contributed by atoms with van der Waals surface area (Å²) in [4.78, 5) is 22.3. The van der Waals surface area contributed by atoms with Crippen molar-refractivity contribution in [2.45, 2.75) is 0 Å². The van der Waals surface area contributed by atoms with Crippen molar-refractivity contribution in [3.8, 4) is 0 Å². The van der Waals surface area contributed by atoms with E-state index in [-0.39, 0.29) is 22.2 Å². The fraction of sp³-hybridized carbons (Fsp3) is 0. The number of nitrogens with one attached hydrogen (secondary N) is 1. The average molecular weight is 317 g/mol. The van der Waals surface area contributed by atoms with Gasteiger partial charge in [0, 0.05) is 17.5 Å². The van der Waals surface area contributed by atoms with Crippen LogP contribution in [0.3, 0.4) is 0 Å². The maximum absolute atomic E-state index is 12.2. The molecule has 1 aromatic heterocycles. The zero-order valence-electron chi connectivity index (χ0n) is 11.1. The molecule has 3 rings (SSSR count). The Labute approximate surface area is 129 Å². The highest BCUT2D eigenvalue weighted by atomic mass is 35.5. The number of nitro groups is 1. The first kappa shape index (κ1) is 14.1. The van der Waals surface area contributed by atoms with E-state index in [4.69, 9.17) is 16.0 Å². The van der Waals surface area contributed by atoms with Crippen molar-refractivity contribution in [1.29, 1.82) is 0 Å². The molecule has 1 amide bonds. The second kappa shape index (κ2) is 5.50. The van der Waals surface area contributed by atoms with Crippen molar-refractivity contribution in [1.82, 2.24) is 0 Å². The zero-order chi connectivity index (χ0) is 15.7. The van der Waals surface area contributed by atoms with Crippen LogP contribution in [0, 0.1) is 10.1 Å². The number of halogens is 1. The predicted octanol–water partition coefficient (Wildman–Crippen LogP) is 4.25. The molecule has 0 aliphatic heterocycles. The molecule has 0 unspecified atom stereocenters. The summed E-state index contributed by atoms with van der Waals surface area (Å²) in [7, 11) is 0. The standard InChI is InChI=1S/C15H9ClN2O4/c16-11-8-10(18(20)21)5-6-12(11)17-15(19)14-7-9-3-1-2-4-13(9)22-14/h1-8H,(H,17,19). The van der Waals surface area contributed by atoms with E-state index < -0.39 is 10.8 Å². The van der Waals surface area contributed by atoms with Gasteiger partial charge in [-0.25, -0.2) is 0 Å². The van der Waals surface area contributed by atoms with E-state index in [9.17, 15) is 14.9 Å². The number of nitrogens with zero attached hydrogens (tertiary/aromatic N) is 1. The number of rotatable bonds is 3. The van der Waals surface area contributed by atoms with Crippen LogP contribution in [0.5, 0.6) is 0 Å². The summed E-state index contributed by atoms with van der Waals surface area (Å²) >= 11 is 5.93. The second-order valence-electron chi connectivity index (χ2n) is 4.52. The summed E-state index contributed by atoms with van der Waals surface area (Å²) in [6.07, 6.45) is 0. The highest BCUT2D eigenvalue weighted by Crippen LogP contribution is 2.27. The lowest BCUT2D eigenvalue weighted by Crippen LogP contribution is -2.11. The number of para-hydroxylation sites is 1. The van der Waals surface area contributed by atoms with E-state index in [1.165, 1.54) is 18.2 Å². The maximum Gasteiger partial charge on any atom is 0.291 e. The van der Waals surface area contributed by atoms with Crippen LogP contribution < -0.4 is 5.32 Å². The molecule has 110 valence electrons. The molecule has 1 N–H and O–H groups in total. The van der Waals surface area contributed by atoms with Gasteiger partial charge in [-0.3, -0.25) is 14.9 Å². The van der Waals surface area contributed by atoms with Gasteiger partial charge in [0.2, 0.25) is 0 Å². The van der Waals surface area contributed by atoms with Gasteiger partial charge in [-0.15, -0.1) is 0 Å². The third-order valence-corrected chi connectivity index (χ3v) is 3.37. The Bertz CT molecular complexity index is 855. The van der Waals surface area contributed by atoms with Crippen molar-refractivity contribution < 1.29 is 14.1 Å². The Morgan fingerprint density at radius 1 is 1.18 bits per heavy atom. The summed E-state index contributed by atoms with van der Waals surface area (Å²) in [5.74, 6) is -0.345. The molecule has 2 aromatic carbocycles. The lowest BCUT2D eigenvalue weighted by Gasteiger charge is -2.05. The molecule has 0 saturated carbocycles. The van der Waals surface area contributed by atoms with E-state index in [2.05, 4.69) is 5.32 Å². The first-order valence-corrected chi connectivity index (χ1v) is 6.66. The van der Waals surface area contributed by atoms with Gasteiger partial charge in [-0.1, -0.05) is 29.8 Å². The van der Waals surface area contributed by atoms with E-state index in [0.717, 1.165) is 5.39 Å². The van der Waals surface area contributed by atoms with Gasteiger partial charge in [0.05, 0.1) is 15.6 Å². The van der Waals surface area contributed by atoms with Crippen LogP contribution in [-0.4, -0.2) is 10.8 Å². The minimum atomic E-state index is -0.559. The molecule has 0 saturated heterocycles. The Kier molecular flexibility index (Phi) is 3.52. The van der Waals surface area contributed by atoms with Gasteiger partial charge in [-0.2, -0.15) is 0 Å². The molecule has 22 heavy (non-hydrogen) atoms. The number of nitro benzene ring substituents is 1. The Balaban J connectivity index is 1.86. The third kappa shape index (κ3) is 2.64. The number of amides is 1. The van der Waals surface area contributed by atoms with E-state index in [0.29, 0.717) is 5.58 Å². The second-order valence-corrected chi connectivity index (χ2v) is 4.93. The number of hydrogen-bond donors (Lipinski definition) is 1. The van der Waals surface area contributed by atoms with Crippen LogP contribution in [0.25, 0.3) is 11.0 Å². The number of benzene rings is 2. The first-order chi connectivity index (χ1) is 10.5. The van der Waals surface area contributed by atoms with Gasteiger partial charge < -0.3 is 9.73 Å². The van der Waals surface area contributed by atoms with Gasteiger partial charge in [-0.05, 0) is 18.2 Å². The summed E-state index contributed by atoms with van der Waals surface area (Å²) in [6.45, 7) is 0. The third-order valence-electron chi connectivity index (χ3n) is 3.06. The van der Waals surface area contributed by atoms with Crippen LogP contribution in [0.4, 0.5) is 11.4 Å². The van der Waals surface area contributed by atoms with Gasteiger partial charge in [0.1, 0.15) is 5.58 Å². The number of furan rings is 1. The van der Waals surface area contributed by atoms with Crippen LogP contribution in [0.15, 0.2) is 52.9 Å². The number of fused-ring (bicyclic) bond motifs is 1. The molecule has 0 fully saturated rings. The lowest BCUT2D eigenvalue weighted by molar-refractivity contribution is -0.384. The molecule has 0 bridgehead atoms. The molecule has 1 heterocycles. The smallest absolute Gasteiger partial charge is 0.291 e. The summed E-state index contributed by atoms with van der Waals surface area (Å²) in [6, 6.07) is 12.7. The van der Waals surface area contributed by atoms with Crippen molar-refractivity contribution in [2.24, 2.45) is 0 Å². The fourth-order valence-corrected chi connectivity index (χ4v) is 2.22. The minimum Gasteiger partial charge on any atom is -0.451 e. The van der Waals surface area contributed by atoms with Crippen LogP contribution in [-0.2, 0) is 0 Å². The lowest BCUT2D eigenvalue weighted by atomic mass is 10.2. The fourth-order valence-electron chi connectivity index (χ4n) is 2.00. The highest BCUT2D eigenvalue weighted by Gasteiger charge is 2.15. The summed E-state index contributed by atoms with van der Waals surface area (Å²) in [5.41, 5.74) is 0.729. The monoisotopic (exact) mass is 316 g/mol. The summed E-state index contributed by atoms with van der Waals surface area (Å²) < 4.78 is 5.44. The first-order valence-electron chi connectivity index (χ1n) is 6.28. The van der Waals surface area contributed by atoms with Crippen LogP contribution in [0.2, 0.25) is 5.02 Å². The highest BCUT2D eigenvalue weighted by molar-refractivity contribution is 6.34. The molecule has 0 aliphatic carbocycles. The van der Waals surface area contributed by atoms with Crippen LogP contribution >= 0.6 is 11.6 Å². The number of non-ortho nitro benzene ring substituents is 1. The number of carbonyl (C=O) groups is 1. The van der Waals surface area contributed by atoms with Crippen molar-refractivity contribution >= 4 is 39.9 Å². The van der Waals surface area contributed by atoms with E-state index in [1.807, 2.05) is 12.1 Å². The number of carbonyl (C=O) groups excluding carboxylic acids is 1. The van der Waals surface area contributed by atoms with Crippen molar-refractivity contribution in [2.75, 3.05) is 5.32 Å². The molecular formula is C15H9ClN2O4. The molecule has 0 spiro atoms. The Hall–Kier alpha value is -2.86. The van der Waals surface area contributed by atoms with E-state index >= 15 is 0 Å². The summed E-state index contributed by atoms with van der Waals surface area (Å²) in [5, 5.41) is 14.1. The zero-order valence-corrected chi connectivity index (χ0v) is 11.8. The number of hydrogen-bond acceptors (Lipinski definition) is 4. The molecule has 3 aromatic rings. The van der Waals surface area contributed by atoms with Gasteiger partial charge >= 0.3 is 0 Å². The largest absolute Gasteiger partial charge is 0.451 e. The van der Waals surface area contributed by atoms with Gasteiger partial charge in [0.25, 0.3) is 11.6 Å². The Morgan fingerprint density at radius 3 is 2.64 bits per heavy atom. The maximum atomic E-state index is 12.2. The average Bonchev–Trinajstić information content (AvgIpc) is 2.93. The number of anilines is 1. The molecular weight excluding hydrogens is 308 g/mol. The molecule has 7 heteroatoms. The molecule has 6 nitrogen and oxygen atoms in total. The Morgan fingerprint density at radius 2 is 1.95 bits per heavy atom. The quantitative estimate of drug-likeness (QED) is 0.578. The normalized spacial score (nSPS) is 10.6. The molecule has 0 atom stereocenters. The topological polar surface area (TPSA) is 85.4 Å². The SMILES string of the molecule is O=C(Nc1ccc([N+](=O)[O-])cc1Cl)c1cc2ccccc2o1. The van der Waals surface area contributed by atoms with Crippen molar-refractivity contribution in [3.63, 3.8) is 0 Å². The molecule has 0 radical (unpaired) electrons. The molecule has 0 aliphatic rings. The predicted molar refractivity (Wildman–Crippen MR) is 82.3 cm³/mol. The minimum absolute atomic E-state index is 0.0821. The van der Waals surface area contributed by atoms with E-state index in [1.54, 1.807) is 18.2 Å². The van der Waals surface area contributed by atoms with Crippen LogP contribution in [0.1, 0.15) is 10.6 Å².